The lowest BCUT2D eigenvalue weighted by Gasteiger charge is -2.13. The summed E-state index contributed by atoms with van der Waals surface area (Å²) in [4.78, 5) is 33.8. The summed E-state index contributed by atoms with van der Waals surface area (Å²) >= 11 is 3.62. The summed E-state index contributed by atoms with van der Waals surface area (Å²) < 4.78 is 2.64. The molecule has 3 aromatic heterocycles. The monoisotopic (exact) mass is 527 g/mol. The number of H-pyrrole nitrogens is 1. The molecule has 0 bridgehead atoms. The zero-order chi connectivity index (χ0) is 20.7. The highest BCUT2D eigenvalue weighted by molar-refractivity contribution is 14.1. The minimum absolute atomic E-state index is 0.0972. The number of benzene rings is 2. The average molecular weight is 527 g/mol. The fourth-order valence-electron chi connectivity index (χ4n) is 3.17. The van der Waals surface area contributed by atoms with Crippen LogP contribution in [0.15, 0.2) is 64.8 Å². The van der Waals surface area contributed by atoms with E-state index in [2.05, 4.69) is 42.5 Å². The van der Waals surface area contributed by atoms with Gasteiger partial charge in [-0.3, -0.25) is 9.36 Å². The molecular formula is C20H14IN7OS. The molecule has 0 atom stereocenters. The van der Waals surface area contributed by atoms with Crippen molar-refractivity contribution < 1.29 is 0 Å². The minimum atomic E-state index is -0.0972. The van der Waals surface area contributed by atoms with E-state index in [1.807, 2.05) is 48.5 Å². The van der Waals surface area contributed by atoms with Gasteiger partial charge in [-0.25, -0.2) is 19.9 Å². The number of thioether (sulfide) groups is 1. The van der Waals surface area contributed by atoms with Gasteiger partial charge in [-0.2, -0.15) is 0 Å². The molecule has 10 heteroatoms. The number of hydrogen-bond donors (Lipinski definition) is 2. The number of nitrogens with one attached hydrogen (secondary N) is 1. The van der Waals surface area contributed by atoms with Crippen LogP contribution in [0.4, 0.5) is 5.82 Å². The summed E-state index contributed by atoms with van der Waals surface area (Å²) in [6, 6.07) is 15.2. The van der Waals surface area contributed by atoms with Crippen molar-refractivity contribution in [3.8, 4) is 5.69 Å². The van der Waals surface area contributed by atoms with Crippen LogP contribution in [-0.2, 0) is 5.75 Å². The third-order valence-corrected chi connectivity index (χ3v) is 6.09. The number of anilines is 1. The van der Waals surface area contributed by atoms with Crippen LogP contribution >= 0.6 is 34.4 Å². The Bertz CT molecular complexity index is 1450. The predicted molar refractivity (Wildman–Crippen MR) is 126 cm³/mol. The summed E-state index contributed by atoms with van der Waals surface area (Å²) in [5.41, 5.74) is 8.33. The Kier molecular flexibility index (Phi) is 4.87. The zero-order valence-corrected chi connectivity index (χ0v) is 18.4. The van der Waals surface area contributed by atoms with E-state index in [-0.39, 0.29) is 5.56 Å². The van der Waals surface area contributed by atoms with Crippen molar-refractivity contribution in [3.63, 3.8) is 0 Å². The molecular weight excluding hydrogens is 513 g/mol. The first-order valence-electron chi connectivity index (χ1n) is 8.96. The summed E-state index contributed by atoms with van der Waals surface area (Å²) in [7, 11) is 0. The number of nitrogen functional groups attached to an aromatic ring is 1. The highest BCUT2D eigenvalue weighted by atomic mass is 127. The molecule has 0 saturated heterocycles. The maximum Gasteiger partial charge on any atom is 0.266 e. The second kappa shape index (κ2) is 7.69. The molecule has 0 aliphatic rings. The molecule has 0 fully saturated rings. The Balaban J connectivity index is 1.61. The van der Waals surface area contributed by atoms with Crippen LogP contribution in [0.3, 0.4) is 0 Å². The van der Waals surface area contributed by atoms with Crippen molar-refractivity contribution in [2.24, 2.45) is 0 Å². The van der Waals surface area contributed by atoms with E-state index in [0.29, 0.717) is 44.6 Å². The Labute approximate surface area is 188 Å². The number of rotatable bonds is 4. The number of imidazole rings is 1. The molecule has 0 spiro atoms. The number of aromatic amines is 1. The molecule has 5 rings (SSSR count). The number of para-hydroxylation sites is 1. The van der Waals surface area contributed by atoms with Gasteiger partial charge in [-0.15, -0.1) is 0 Å². The first-order valence-corrected chi connectivity index (χ1v) is 11.0. The van der Waals surface area contributed by atoms with Crippen molar-refractivity contribution in [1.82, 2.24) is 29.5 Å². The van der Waals surface area contributed by atoms with Crippen LogP contribution in [0, 0.1) is 3.57 Å². The number of fused-ring (bicyclic) bond motifs is 2. The second-order valence-corrected chi connectivity index (χ2v) is 8.66. The number of nitrogens with zero attached hydrogens (tertiary/aromatic N) is 5. The molecule has 5 aromatic rings. The summed E-state index contributed by atoms with van der Waals surface area (Å²) in [5, 5.41) is 1.22. The fourth-order valence-corrected chi connectivity index (χ4v) is 4.45. The van der Waals surface area contributed by atoms with Gasteiger partial charge in [0, 0.05) is 3.57 Å². The number of nitrogens with two attached hydrogens (primary N) is 1. The van der Waals surface area contributed by atoms with Crippen LogP contribution in [0.25, 0.3) is 27.8 Å². The molecule has 0 unspecified atom stereocenters. The topological polar surface area (TPSA) is 115 Å². The average Bonchev–Trinajstić information content (AvgIpc) is 3.18. The van der Waals surface area contributed by atoms with E-state index in [9.17, 15) is 4.79 Å². The van der Waals surface area contributed by atoms with Crippen molar-refractivity contribution in [2.45, 2.75) is 10.9 Å². The Morgan fingerprint density at radius 1 is 1.10 bits per heavy atom. The van der Waals surface area contributed by atoms with Gasteiger partial charge in [0.1, 0.15) is 17.7 Å². The van der Waals surface area contributed by atoms with Gasteiger partial charge in [-0.05, 0) is 52.9 Å². The zero-order valence-electron chi connectivity index (χ0n) is 15.4. The Morgan fingerprint density at radius 2 is 1.93 bits per heavy atom. The van der Waals surface area contributed by atoms with Gasteiger partial charge in [0.05, 0.1) is 22.3 Å². The van der Waals surface area contributed by atoms with Crippen molar-refractivity contribution in [2.75, 3.05) is 5.73 Å². The first kappa shape index (κ1) is 19.0. The molecule has 0 aliphatic heterocycles. The largest absolute Gasteiger partial charge is 0.382 e. The van der Waals surface area contributed by atoms with E-state index in [1.54, 1.807) is 4.57 Å². The summed E-state index contributed by atoms with van der Waals surface area (Å²) in [6.45, 7) is 0. The van der Waals surface area contributed by atoms with Crippen LogP contribution in [0.1, 0.15) is 5.82 Å². The van der Waals surface area contributed by atoms with E-state index < -0.39 is 0 Å². The van der Waals surface area contributed by atoms with Gasteiger partial charge in [0.25, 0.3) is 5.56 Å². The molecule has 3 N–H and O–H groups in total. The lowest BCUT2D eigenvalue weighted by molar-refractivity contribution is 0.882. The maximum absolute atomic E-state index is 13.4. The van der Waals surface area contributed by atoms with Gasteiger partial charge < -0.3 is 10.7 Å². The lowest BCUT2D eigenvalue weighted by atomic mass is 10.2. The molecule has 0 saturated carbocycles. The summed E-state index contributed by atoms with van der Waals surface area (Å²) in [6.07, 6.45) is 1.38. The molecule has 8 nitrogen and oxygen atoms in total. The second-order valence-electron chi connectivity index (χ2n) is 6.45. The normalized spacial score (nSPS) is 11.4. The molecule has 3 heterocycles. The molecule has 148 valence electrons. The molecule has 0 amide bonds. The van der Waals surface area contributed by atoms with E-state index in [0.717, 1.165) is 9.26 Å². The highest BCUT2D eigenvalue weighted by Gasteiger charge is 2.15. The number of hydrogen-bond acceptors (Lipinski definition) is 7. The van der Waals surface area contributed by atoms with Crippen molar-refractivity contribution in [1.29, 1.82) is 0 Å². The lowest BCUT2D eigenvalue weighted by Crippen LogP contribution is -2.23. The van der Waals surface area contributed by atoms with E-state index >= 15 is 0 Å². The molecule has 30 heavy (non-hydrogen) atoms. The standard InChI is InChI=1S/C20H14IN7OS/c21-11-6-7-14-13(8-11)19(29)28(12-4-2-1-3-5-12)15(25-14)9-30-20-26-16-17(22)23-10-24-18(16)27-20/h1-8,10H,9H2,(H3,22,23,24,26,27). The smallest absolute Gasteiger partial charge is 0.266 e. The number of aromatic nitrogens is 6. The number of halogens is 1. The van der Waals surface area contributed by atoms with Crippen LogP contribution in [0.2, 0.25) is 0 Å². The predicted octanol–water partition coefficient (Wildman–Crippen LogP) is 3.53. The third kappa shape index (κ3) is 3.41. The van der Waals surface area contributed by atoms with E-state index in [4.69, 9.17) is 10.7 Å². The van der Waals surface area contributed by atoms with Crippen LogP contribution in [0.5, 0.6) is 0 Å². The molecule has 2 aromatic carbocycles. The van der Waals surface area contributed by atoms with Gasteiger partial charge in [-0.1, -0.05) is 30.0 Å². The van der Waals surface area contributed by atoms with Crippen LogP contribution < -0.4 is 11.3 Å². The maximum atomic E-state index is 13.4. The Hall–Kier alpha value is -2.99. The van der Waals surface area contributed by atoms with Gasteiger partial charge >= 0.3 is 0 Å². The summed E-state index contributed by atoms with van der Waals surface area (Å²) in [5.74, 6) is 1.41. The third-order valence-electron chi connectivity index (χ3n) is 4.55. The molecule has 0 radical (unpaired) electrons. The molecule has 0 aliphatic carbocycles. The quantitative estimate of drug-likeness (QED) is 0.272. The Morgan fingerprint density at radius 3 is 2.73 bits per heavy atom. The highest BCUT2D eigenvalue weighted by Crippen LogP contribution is 2.25. The van der Waals surface area contributed by atoms with Crippen molar-refractivity contribution in [3.05, 3.63) is 74.6 Å². The fraction of sp³-hybridized carbons (Fsp3) is 0.0500. The minimum Gasteiger partial charge on any atom is -0.382 e. The SMILES string of the molecule is Nc1ncnc2nc(SCc3nc4ccc(I)cc4c(=O)n3-c3ccccc3)[nH]c12. The van der Waals surface area contributed by atoms with E-state index in [1.165, 1.54) is 18.1 Å². The van der Waals surface area contributed by atoms with Gasteiger partial charge in [0.15, 0.2) is 16.6 Å². The van der Waals surface area contributed by atoms with Crippen LogP contribution in [-0.4, -0.2) is 29.5 Å². The first-order chi connectivity index (χ1) is 14.6. The van der Waals surface area contributed by atoms with Gasteiger partial charge in [0.2, 0.25) is 0 Å². The van der Waals surface area contributed by atoms with Crippen molar-refractivity contribution >= 4 is 62.2 Å².